The molecule has 0 spiro atoms. The number of hydrogen-bond donors (Lipinski definition) is 3. The summed E-state index contributed by atoms with van der Waals surface area (Å²) < 4.78 is 63.4. The topological polar surface area (TPSA) is 220 Å². The van der Waals surface area contributed by atoms with Gasteiger partial charge in [0.15, 0.2) is 46.3 Å². The van der Waals surface area contributed by atoms with Gasteiger partial charge in [-0.1, -0.05) is 0 Å². The van der Waals surface area contributed by atoms with Crippen LogP contribution in [0.5, 0.6) is 11.5 Å². The molecule has 2 aliphatic heterocycles. The Kier molecular flexibility index (Phi) is 12.9. The molecule has 0 atom stereocenters. The van der Waals surface area contributed by atoms with Crippen LogP contribution >= 0.6 is 0 Å². The van der Waals surface area contributed by atoms with E-state index >= 15 is 0 Å². The average Bonchev–Trinajstić information content (AvgIpc) is 3.17. The van der Waals surface area contributed by atoms with Crippen LogP contribution < -0.4 is 30.3 Å². The number of rotatable bonds is 9. The Balaban J connectivity index is 0.000000171. The number of amides is 1. The largest absolute Gasteiger partial charge is 0.487 e. The molecule has 2 saturated heterocycles. The van der Waals surface area contributed by atoms with Crippen molar-refractivity contribution in [2.24, 2.45) is 0 Å². The molecule has 59 heavy (non-hydrogen) atoms. The van der Waals surface area contributed by atoms with Gasteiger partial charge in [0.1, 0.15) is 23.7 Å². The minimum Gasteiger partial charge on any atom is -0.487 e. The van der Waals surface area contributed by atoms with Gasteiger partial charge < -0.3 is 35.4 Å². The maximum Gasteiger partial charge on any atom is 0.358 e. The van der Waals surface area contributed by atoms with Gasteiger partial charge in [0.25, 0.3) is 5.91 Å². The van der Waals surface area contributed by atoms with E-state index in [-0.39, 0.29) is 40.9 Å². The van der Waals surface area contributed by atoms with E-state index in [0.717, 1.165) is 30.0 Å². The van der Waals surface area contributed by atoms with Crippen LogP contribution in [-0.4, -0.2) is 95.7 Å². The smallest absolute Gasteiger partial charge is 0.358 e. The summed E-state index contributed by atoms with van der Waals surface area (Å²) in [4.78, 5) is 43.4. The first-order valence-electron chi connectivity index (χ1n) is 17.6. The van der Waals surface area contributed by atoms with E-state index in [1.54, 1.807) is 24.0 Å². The molecule has 0 aliphatic carbocycles. The van der Waals surface area contributed by atoms with E-state index in [1.807, 2.05) is 11.8 Å². The number of anilines is 4. The summed E-state index contributed by atoms with van der Waals surface area (Å²) in [5.74, 6) is -4.25. The van der Waals surface area contributed by atoms with Gasteiger partial charge in [0, 0.05) is 36.9 Å². The van der Waals surface area contributed by atoms with Crippen molar-refractivity contribution in [2.75, 3.05) is 47.0 Å². The highest BCUT2D eigenvalue weighted by atomic mass is 19.2. The van der Waals surface area contributed by atoms with Crippen molar-refractivity contribution >= 4 is 34.9 Å². The van der Waals surface area contributed by atoms with Crippen molar-refractivity contribution in [1.82, 2.24) is 40.3 Å². The summed E-state index contributed by atoms with van der Waals surface area (Å²) in [5, 5.41) is 26.7. The van der Waals surface area contributed by atoms with Gasteiger partial charge in [-0.15, -0.1) is 0 Å². The highest BCUT2D eigenvalue weighted by molar-refractivity contribution is 6.06. The van der Waals surface area contributed by atoms with Crippen LogP contribution in [0, 0.1) is 37.1 Å². The number of halogens is 4. The first-order valence-corrected chi connectivity index (χ1v) is 17.6. The first kappa shape index (κ1) is 41.1. The van der Waals surface area contributed by atoms with Crippen LogP contribution in [0.2, 0.25) is 0 Å². The molecular weight excluding hydrogens is 780 g/mol. The molecule has 2 aromatic carbocycles. The zero-order chi connectivity index (χ0) is 42.1. The average molecular weight is 815 g/mol. The molecule has 4 aromatic heterocycles. The Morgan fingerprint density at radius 3 is 1.61 bits per heavy atom. The molecular formula is C38H34F4N12O5. The molecule has 2 fully saturated rings. The number of carboxylic acids is 1. The lowest BCUT2D eigenvalue weighted by Crippen LogP contribution is -2.54. The number of nitrogens with two attached hydrogens (primary N) is 1. The normalized spacial score (nSPS) is 13.4. The van der Waals surface area contributed by atoms with Gasteiger partial charge in [-0.3, -0.25) is 4.79 Å². The van der Waals surface area contributed by atoms with Gasteiger partial charge in [0.2, 0.25) is 0 Å². The predicted octanol–water partition coefficient (Wildman–Crippen LogP) is 4.46. The molecule has 2 aliphatic rings. The molecule has 0 saturated carbocycles. The Labute approximate surface area is 332 Å². The molecule has 304 valence electrons. The van der Waals surface area contributed by atoms with E-state index in [4.69, 9.17) is 20.3 Å². The lowest BCUT2D eigenvalue weighted by Gasteiger charge is -2.40. The van der Waals surface area contributed by atoms with E-state index in [2.05, 4.69) is 45.6 Å². The number of aromatic nitrogens is 8. The summed E-state index contributed by atoms with van der Waals surface area (Å²) in [6, 6.07) is 10.2. The Morgan fingerprint density at radius 2 is 1.15 bits per heavy atom. The third-order valence-electron chi connectivity index (χ3n) is 8.29. The van der Waals surface area contributed by atoms with Gasteiger partial charge in [0.05, 0.1) is 61.3 Å². The number of aromatic carboxylic acids is 1. The molecule has 21 heteroatoms. The van der Waals surface area contributed by atoms with Crippen molar-refractivity contribution < 1.29 is 41.7 Å². The van der Waals surface area contributed by atoms with Crippen molar-refractivity contribution in [2.45, 2.75) is 26.1 Å². The van der Waals surface area contributed by atoms with Gasteiger partial charge >= 0.3 is 5.97 Å². The minimum atomic E-state index is -1.16. The maximum atomic E-state index is 13.3. The third kappa shape index (κ3) is 10.8. The standard InChI is InChI=1S/C19H16F2N6O2.C14H11F2N3O3.C5H7N3/c1-11-6-12(8-24-26-11)25-19(28)17-18(23-5-4-22-17)27-9-14(10-27)29-13-2-3-15(20)16(21)7-13;15-10-2-1-8(5-11(10)16)22-9-6-19(7-9)13-12(14(20)21)17-3-4-18-13;1-4-2-5(6)3-7-8-4/h2-8,14H,9-10H2,1H3,(H,25,26,28);1-5,9H,6-7H2,(H,20,21);2-3H,1H3,(H2,6,8). The number of carbonyl (C=O) groups excluding carboxylic acids is 1. The number of hydrogen-bond acceptors (Lipinski definition) is 15. The van der Waals surface area contributed by atoms with E-state index in [1.165, 1.54) is 49.3 Å². The summed E-state index contributed by atoms with van der Waals surface area (Å²) in [5.41, 5.74) is 8.07. The predicted molar refractivity (Wildman–Crippen MR) is 203 cm³/mol. The molecule has 0 radical (unpaired) electrons. The number of nitrogens with one attached hydrogen (secondary N) is 1. The van der Waals surface area contributed by atoms with Crippen molar-refractivity contribution in [3.05, 3.63) is 132 Å². The fourth-order valence-electron chi connectivity index (χ4n) is 5.52. The van der Waals surface area contributed by atoms with Gasteiger partial charge in [-0.25, -0.2) is 42.3 Å². The lowest BCUT2D eigenvalue weighted by molar-refractivity contribution is 0.0689. The zero-order valence-corrected chi connectivity index (χ0v) is 31.2. The second kappa shape index (κ2) is 18.6. The first-order chi connectivity index (χ1) is 28.3. The SMILES string of the molecule is Cc1cc(N)cnn1.Cc1cc(NC(=O)c2nccnc2N2CC(Oc3ccc(F)c(F)c3)C2)cnn1.O=C(O)c1nccnc1N1CC(Oc2ccc(F)c(F)c2)C1. The summed E-state index contributed by atoms with van der Waals surface area (Å²) >= 11 is 0. The third-order valence-corrected chi connectivity index (χ3v) is 8.29. The number of carboxylic acid groups (broad SMARTS) is 1. The van der Waals surface area contributed by atoms with Crippen LogP contribution in [0.1, 0.15) is 32.4 Å². The highest BCUT2D eigenvalue weighted by Crippen LogP contribution is 2.27. The Morgan fingerprint density at radius 1 is 0.678 bits per heavy atom. The van der Waals surface area contributed by atoms with Crippen molar-refractivity contribution in [3.63, 3.8) is 0 Å². The quantitative estimate of drug-likeness (QED) is 0.172. The zero-order valence-electron chi connectivity index (χ0n) is 31.2. The van der Waals surface area contributed by atoms with Gasteiger partial charge in [-0.2, -0.15) is 20.4 Å². The monoisotopic (exact) mass is 814 g/mol. The molecule has 17 nitrogen and oxygen atoms in total. The molecule has 8 rings (SSSR count). The summed E-state index contributed by atoms with van der Waals surface area (Å²) in [6.07, 6.45) is 8.10. The number of carbonyl (C=O) groups is 2. The fourth-order valence-corrected chi connectivity index (χ4v) is 5.52. The lowest BCUT2D eigenvalue weighted by atomic mass is 10.1. The van der Waals surface area contributed by atoms with Crippen LogP contribution in [0.3, 0.4) is 0 Å². The van der Waals surface area contributed by atoms with E-state index in [9.17, 15) is 27.2 Å². The Bertz CT molecular complexity index is 2420. The van der Waals surface area contributed by atoms with Crippen LogP contribution in [0.15, 0.2) is 85.7 Å². The molecule has 6 heterocycles. The van der Waals surface area contributed by atoms with Crippen LogP contribution in [0.4, 0.5) is 40.6 Å². The Hall–Kier alpha value is -7.58. The van der Waals surface area contributed by atoms with Crippen molar-refractivity contribution in [1.29, 1.82) is 0 Å². The highest BCUT2D eigenvalue weighted by Gasteiger charge is 2.34. The van der Waals surface area contributed by atoms with E-state index in [0.29, 0.717) is 49.1 Å². The molecule has 4 N–H and O–H groups in total. The molecule has 1 amide bonds. The number of benzene rings is 2. The summed E-state index contributed by atoms with van der Waals surface area (Å²) in [7, 11) is 0. The van der Waals surface area contributed by atoms with Crippen LogP contribution in [-0.2, 0) is 0 Å². The van der Waals surface area contributed by atoms with Crippen molar-refractivity contribution in [3.8, 4) is 11.5 Å². The molecule has 0 bridgehead atoms. The van der Waals surface area contributed by atoms with Gasteiger partial charge in [-0.05, 0) is 50.2 Å². The van der Waals surface area contributed by atoms with Crippen LogP contribution in [0.25, 0.3) is 0 Å². The molecule has 0 unspecified atom stereocenters. The summed E-state index contributed by atoms with van der Waals surface area (Å²) in [6.45, 7) is 5.24. The molecule has 6 aromatic rings. The maximum absolute atomic E-state index is 13.3. The second-order valence-electron chi connectivity index (χ2n) is 12.9. The fraction of sp³-hybridized carbons (Fsp3) is 0.211. The number of ether oxygens (including phenoxy) is 2. The number of nitrogen functional groups attached to an aromatic ring is 1. The number of aryl methyl sites for hydroxylation is 2. The number of nitrogens with zero attached hydrogens (tertiary/aromatic N) is 10. The van der Waals surface area contributed by atoms with E-state index < -0.39 is 35.1 Å². The second-order valence-corrected chi connectivity index (χ2v) is 12.9. The minimum absolute atomic E-state index is 0.131.